The van der Waals surface area contributed by atoms with Gasteiger partial charge in [0.15, 0.2) is 0 Å². The van der Waals surface area contributed by atoms with Crippen LogP contribution in [0.25, 0.3) is 0 Å². The fourth-order valence-corrected chi connectivity index (χ4v) is 2.66. The summed E-state index contributed by atoms with van der Waals surface area (Å²) in [6.45, 7) is 4.00. The predicted molar refractivity (Wildman–Crippen MR) is 75.3 cm³/mol. The Kier molecular flexibility index (Phi) is 5.60. The van der Waals surface area contributed by atoms with Crippen molar-refractivity contribution in [1.82, 2.24) is 9.80 Å². The highest BCUT2D eigenvalue weighted by Gasteiger charge is 2.30. The third-order valence-corrected chi connectivity index (χ3v) is 4.30. The summed E-state index contributed by atoms with van der Waals surface area (Å²) in [6.07, 6.45) is 4.53. The number of nitrogens with zero attached hydrogens (tertiary/aromatic N) is 2. The van der Waals surface area contributed by atoms with Crippen molar-refractivity contribution in [2.75, 3.05) is 21.1 Å². The van der Waals surface area contributed by atoms with E-state index in [4.69, 9.17) is 5.73 Å². The zero-order valence-corrected chi connectivity index (χ0v) is 12.5. The van der Waals surface area contributed by atoms with Crippen LogP contribution in [0.4, 0.5) is 0 Å². The monoisotopic (exact) mass is 255 g/mol. The molecule has 1 aliphatic rings. The quantitative estimate of drug-likeness (QED) is 0.824. The summed E-state index contributed by atoms with van der Waals surface area (Å²) in [5.41, 5.74) is 5.94. The molecule has 0 heterocycles. The van der Waals surface area contributed by atoms with Gasteiger partial charge in [0.05, 0.1) is 6.04 Å². The zero-order valence-electron chi connectivity index (χ0n) is 12.5. The lowest BCUT2D eigenvalue weighted by molar-refractivity contribution is -0.135. The summed E-state index contributed by atoms with van der Waals surface area (Å²) in [5, 5.41) is 0. The molecule has 0 aromatic carbocycles. The Balaban J connectivity index is 2.49. The van der Waals surface area contributed by atoms with E-state index in [1.807, 2.05) is 25.8 Å². The second-order valence-corrected chi connectivity index (χ2v) is 6.14. The maximum absolute atomic E-state index is 12.2. The molecule has 0 radical (unpaired) electrons. The van der Waals surface area contributed by atoms with Crippen molar-refractivity contribution in [3.63, 3.8) is 0 Å². The summed E-state index contributed by atoms with van der Waals surface area (Å²) in [6, 6.07) is 0.684. The fourth-order valence-electron chi connectivity index (χ4n) is 2.66. The largest absolute Gasteiger partial charge is 0.341 e. The van der Waals surface area contributed by atoms with Crippen molar-refractivity contribution < 1.29 is 4.79 Å². The molecule has 0 aromatic heterocycles. The van der Waals surface area contributed by atoms with Crippen molar-refractivity contribution in [3.05, 3.63) is 0 Å². The van der Waals surface area contributed by atoms with E-state index in [2.05, 4.69) is 19.0 Å². The molecule has 1 saturated carbocycles. The van der Waals surface area contributed by atoms with Gasteiger partial charge < -0.3 is 15.5 Å². The summed E-state index contributed by atoms with van der Waals surface area (Å²) in [5.74, 6) is 0.302. The molecule has 106 valence electrons. The minimum absolute atomic E-state index is 0.0957. The maximum atomic E-state index is 12.2. The average molecular weight is 255 g/mol. The molecule has 1 rings (SSSR count). The van der Waals surface area contributed by atoms with Crippen LogP contribution in [0.15, 0.2) is 0 Å². The molecule has 1 unspecified atom stereocenters. The van der Waals surface area contributed by atoms with E-state index in [0.29, 0.717) is 12.1 Å². The molecular weight excluding hydrogens is 226 g/mol. The first kappa shape index (κ1) is 15.4. The van der Waals surface area contributed by atoms with Crippen LogP contribution in [-0.2, 0) is 4.79 Å². The molecule has 1 fully saturated rings. The van der Waals surface area contributed by atoms with Crippen molar-refractivity contribution in [2.24, 2.45) is 11.7 Å². The van der Waals surface area contributed by atoms with Gasteiger partial charge in [-0.3, -0.25) is 4.79 Å². The predicted octanol–water partition coefficient (Wildman–Crippen LogP) is 1.30. The lowest BCUT2D eigenvalue weighted by atomic mass is 9.89. The molecule has 1 atom stereocenters. The molecule has 0 saturated heterocycles. The standard InChI is InChI=1S/C14H29N3O/c1-10(2)13(15)14(18)17(5)12-8-6-11(7-9-12)16(3)4/h10-13H,6-9,15H2,1-5H3. The summed E-state index contributed by atoms with van der Waals surface area (Å²) < 4.78 is 0. The summed E-state index contributed by atoms with van der Waals surface area (Å²) in [4.78, 5) is 16.4. The van der Waals surface area contributed by atoms with Gasteiger partial charge in [-0.1, -0.05) is 13.8 Å². The minimum Gasteiger partial charge on any atom is -0.341 e. The van der Waals surface area contributed by atoms with Crippen LogP contribution in [-0.4, -0.2) is 55.0 Å². The Morgan fingerprint density at radius 3 is 1.89 bits per heavy atom. The maximum Gasteiger partial charge on any atom is 0.239 e. The molecule has 0 aliphatic heterocycles. The third kappa shape index (κ3) is 3.69. The number of amides is 1. The second-order valence-electron chi connectivity index (χ2n) is 6.14. The van der Waals surface area contributed by atoms with Gasteiger partial charge in [-0.15, -0.1) is 0 Å². The smallest absolute Gasteiger partial charge is 0.239 e. The van der Waals surface area contributed by atoms with Crippen LogP contribution < -0.4 is 5.73 Å². The number of carbonyl (C=O) groups is 1. The number of rotatable bonds is 4. The van der Waals surface area contributed by atoms with Crippen LogP contribution in [0.5, 0.6) is 0 Å². The SMILES string of the molecule is CC(C)C(N)C(=O)N(C)C1CCC(N(C)C)CC1. The Morgan fingerprint density at radius 1 is 1.06 bits per heavy atom. The average Bonchev–Trinajstić information content (AvgIpc) is 2.36. The van der Waals surface area contributed by atoms with E-state index in [-0.39, 0.29) is 17.9 Å². The number of carbonyl (C=O) groups excluding carboxylic acids is 1. The molecule has 1 amide bonds. The van der Waals surface area contributed by atoms with Gasteiger partial charge in [-0.05, 0) is 45.7 Å². The highest BCUT2D eigenvalue weighted by atomic mass is 16.2. The number of hydrogen-bond acceptors (Lipinski definition) is 3. The Bertz CT molecular complexity index is 270. The van der Waals surface area contributed by atoms with Crippen LogP contribution in [0.3, 0.4) is 0 Å². The first-order valence-corrected chi connectivity index (χ1v) is 7.03. The molecule has 4 nitrogen and oxygen atoms in total. The summed E-state index contributed by atoms with van der Waals surface area (Å²) >= 11 is 0. The van der Waals surface area contributed by atoms with Gasteiger partial charge in [-0.2, -0.15) is 0 Å². The first-order valence-electron chi connectivity index (χ1n) is 7.03. The van der Waals surface area contributed by atoms with Gasteiger partial charge in [0.2, 0.25) is 5.91 Å². The van der Waals surface area contributed by atoms with Crippen LogP contribution in [0.2, 0.25) is 0 Å². The molecule has 1 aliphatic carbocycles. The number of nitrogens with two attached hydrogens (primary N) is 1. The van der Waals surface area contributed by atoms with Gasteiger partial charge in [0, 0.05) is 19.1 Å². The first-order chi connectivity index (χ1) is 8.34. The van der Waals surface area contributed by atoms with E-state index in [9.17, 15) is 4.79 Å². The highest BCUT2D eigenvalue weighted by molar-refractivity contribution is 5.81. The second kappa shape index (κ2) is 6.53. The molecule has 2 N–H and O–H groups in total. The fraction of sp³-hybridized carbons (Fsp3) is 0.929. The van der Waals surface area contributed by atoms with Crippen molar-refractivity contribution >= 4 is 5.91 Å². The normalized spacial score (nSPS) is 26.4. The van der Waals surface area contributed by atoms with Gasteiger partial charge in [0.1, 0.15) is 0 Å². The Labute approximate surface area is 111 Å². The van der Waals surface area contributed by atoms with E-state index < -0.39 is 0 Å². The highest BCUT2D eigenvalue weighted by Crippen LogP contribution is 2.25. The molecule has 18 heavy (non-hydrogen) atoms. The van der Waals surface area contributed by atoms with E-state index in [1.54, 1.807) is 0 Å². The van der Waals surface area contributed by atoms with Gasteiger partial charge in [0.25, 0.3) is 0 Å². The molecule has 0 aromatic rings. The minimum atomic E-state index is -0.360. The lowest BCUT2D eigenvalue weighted by Gasteiger charge is -2.38. The van der Waals surface area contributed by atoms with Gasteiger partial charge in [-0.25, -0.2) is 0 Å². The van der Waals surface area contributed by atoms with Crippen molar-refractivity contribution in [3.8, 4) is 0 Å². The Morgan fingerprint density at radius 2 is 1.50 bits per heavy atom. The van der Waals surface area contributed by atoms with E-state index in [0.717, 1.165) is 12.8 Å². The topological polar surface area (TPSA) is 49.6 Å². The Hall–Kier alpha value is -0.610. The van der Waals surface area contributed by atoms with E-state index in [1.165, 1.54) is 12.8 Å². The number of hydrogen-bond donors (Lipinski definition) is 1. The molecule has 4 heteroatoms. The van der Waals surface area contributed by atoms with Gasteiger partial charge >= 0.3 is 0 Å². The number of likely N-dealkylation sites (N-methyl/N-ethyl adjacent to an activating group) is 1. The van der Waals surface area contributed by atoms with Crippen molar-refractivity contribution in [1.29, 1.82) is 0 Å². The zero-order chi connectivity index (χ0) is 13.9. The van der Waals surface area contributed by atoms with Crippen LogP contribution >= 0.6 is 0 Å². The van der Waals surface area contributed by atoms with Crippen LogP contribution in [0, 0.1) is 5.92 Å². The third-order valence-electron chi connectivity index (χ3n) is 4.30. The summed E-state index contributed by atoms with van der Waals surface area (Å²) in [7, 11) is 6.17. The van der Waals surface area contributed by atoms with Crippen LogP contribution in [0.1, 0.15) is 39.5 Å². The molecule has 0 spiro atoms. The van der Waals surface area contributed by atoms with E-state index >= 15 is 0 Å². The molecular formula is C14H29N3O. The molecule has 0 bridgehead atoms. The lowest BCUT2D eigenvalue weighted by Crippen LogP contribution is -2.50. The van der Waals surface area contributed by atoms with Crippen molar-refractivity contribution in [2.45, 2.75) is 57.7 Å².